The summed E-state index contributed by atoms with van der Waals surface area (Å²) in [4.78, 5) is 23.9. The number of ether oxygens (including phenoxy) is 2. The van der Waals surface area contributed by atoms with Crippen LogP contribution >= 0.6 is 0 Å². The standard InChI is InChI=1S/C19H19N3O4/c1-22-11-14(4-7-18(22)23)19(24)21-16-12-25-9-8-17(16)26-15-5-2-13(10-20)3-6-15/h2-7,11,16-17H,8-9,12H2,1H3,(H,21,24)/t16-,17-/m1/s1. The molecule has 26 heavy (non-hydrogen) atoms. The Morgan fingerprint density at radius 3 is 2.77 bits per heavy atom. The van der Waals surface area contributed by atoms with Gasteiger partial charge in [0, 0.05) is 25.7 Å². The van der Waals surface area contributed by atoms with Crippen LogP contribution in [0.3, 0.4) is 0 Å². The van der Waals surface area contributed by atoms with Crippen molar-refractivity contribution in [2.45, 2.75) is 18.6 Å². The van der Waals surface area contributed by atoms with Crippen LogP contribution < -0.4 is 15.6 Å². The molecule has 1 saturated heterocycles. The predicted molar refractivity (Wildman–Crippen MR) is 93.9 cm³/mol. The number of aromatic nitrogens is 1. The van der Waals surface area contributed by atoms with Crippen LogP contribution in [0, 0.1) is 11.3 Å². The average molecular weight is 353 g/mol. The van der Waals surface area contributed by atoms with Crippen LogP contribution in [0.5, 0.6) is 5.75 Å². The summed E-state index contributed by atoms with van der Waals surface area (Å²) in [6.07, 6.45) is 1.89. The Bertz CT molecular complexity index is 883. The summed E-state index contributed by atoms with van der Waals surface area (Å²) in [6.45, 7) is 0.894. The number of rotatable bonds is 4. The molecule has 7 heteroatoms. The monoisotopic (exact) mass is 353 g/mol. The van der Waals surface area contributed by atoms with Crippen molar-refractivity contribution in [3.63, 3.8) is 0 Å². The number of hydrogen-bond donors (Lipinski definition) is 1. The first-order chi connectivity index (χ1) is 12.6. The first-order valence-corrected chi connectivity index (χ1v) is 8.29. The van der Waals surface area contributed by atoms with Gasteiger partial charge >= 0.3 is 0 Å². The molecule has 0 aliphatic carbocycles. The van der Waals surface area contributed by atoms with Crippen molar-refractivity contribution in [3.8, 4) is 11.8 Å². The number of nitrogens with one attached hydrogen (secondary N) is 1. The van der Waals surface area contributed by atoms with Crippen LogP contribution in [-0.4, -0.2) is 35.8 Å². The number of aryl methyl sites for hydroxylation is 1. The lowest BCUT2D eigenvalue weighted by molar-refractivity contribution is -0.00289. The van der Waals surface area contributed by atoms with Crippen molar-refractivity contribution in [1.29, 1.82) is 5.26 Å². The van der Waals surface area contributed by atoms with E-state index in [-0.39, 0.29) is 23.6 Å². The first-order valence-electron chi connectivity index (χ1n) is 8.29. The summed E-state index contributed by atoms with van der Waals surface area (Å²) in [5.74, 6) is 0.349. The molecule has 1 amide bonds. The van der Waals surface area contributed by atoms with E-state index >= 15 is 0 Å². The number of carbonyl (C=O) groups excluding carboxylic acids is 1. The molecule has 0 bridgehead atoms. The van der Waals surface area contributed by atoms with E-state index in [2.05, 4.69) is 11.4 Å². The van der Waals surface area contributed by atoms with Gasteiger partial charge in [-0.05, 0) is 30.3 Å². The highest BCUT2D eigenvalue weighted by atomic mass is 16.5. The highest BCUT2D eigenvalue weighted by molar-refractivity contribution is 5.94. The SMILES string of the molecule is Cn1cc(C(=O)N[C@@H]2COCC[C@H]2Oc2ccc(C#N)cc2)ccc1=O. The molecule has 3 rings (SSSR count). The van der Waals surface area contributed by atoms with Crippen LogP contribution in [-0.2, 0) is 11.8 Å². The summed E-state index contributed by atoms with van der Waals surface area (Å²) >= 11 is 0. The minimum absolute atomic E-state index is 0.176. The Labute approximate surface area is 150 Å². The van der Waals surface area contributed by atoms with Crippen molar-refractivity contribution >= 4 is 5.91 Å². The van der Waals surface area contributed by atoms with Crippen molar-refractivity contribution < 1.29 is 14.3 Å². The molecule has 134 valence electrons. The van der Waals surface area contributed by atoms with Crippen molar-refractivity contribution in [2.24, 2.45) is 7.05 Å². The molecule has 1 N–H and O–H groups in total. The van der Waals surface area contributed by atoms with Crippen LogP contribution in [0.4, 0.5) is 0 Å². The molecule has 0 spiro atoms. The van der Waals surface area contributed by atoms with Gasteiger partial charge in [0.2, 0.25) is 5.56 Å². The summed E-state index contributed by atoms with van der Waals surface area (Å²) in [5, 5.41) is 11.8. The minimum atomic E-state index is -0.316. The molecule has 1 aromatic carbocycles. The van der Waals surface area contributed by atoms with Gasteiger partial charge < -0.3 is 19.4 Å². The van der Waals surface area contributed by atoms with Crippen LogP contribution in [0.1, 0.15) is 22.3 Å². The third-order valence-electron chi connectivity index (χ3n) is 4.23. The Morgan fingerprint density at radius 1 is 1.31 bits per heavy atom. The summed E-state index contributed by atoms with van der Waals surface area (Å²) in [7, 11) is 1.60. The molecule has 1 fully saturated rings. The molecule has 2 atom stereocenters. The maximum atomic E-state index is 12.5. The Morgan fingerprint density at radius 2 is 2.08 bits per heavy atom. The van der Waals surface area contributed by atoms with E-state index in [0.29, 0.717) is 36.5 Å². The molecular weight excluding hydrogens is 334 g/mol. The van der Waals surface area contributed by atoms with Gasteiger partial charge in [-0.3, -0.25) is 9.59 Å². The number of nitriles is 1. The predicted octanol–water partition coefficient (Wildman–Crippen LogP) is 1.22. The molecule has 2 aromatic rings. The van der Waals surface area contributed by atoms with Crippen LogP contribution in [0.25, 0.3) is 0 Å². The van der Waals surface area contributed by atoms with E-state index < -0.39 is 0 Å². The second kappa shape index (κ2) is 7.85. The van der Waals surface area contributed by atoms with Gasteiger partial charge in [0.1, 0.15) is 11.9 Å². The van der Waals surface area contributed by atoms with Gasteiger partial charge in [-0.2, -0.15) is 5.26 Å². The van der Waals surface area contributed by atoms with Gasteiger partial charge in [0.25, 0.3) is 5.91 Å². The van der Waals surface area contributed by atoms with E-state index in [0.717, 1.165) is 0 Å². The largest absolute Gasteiger partial charge is 0.488 e. The van der Waals surface area contributed by atoms with E-state index in [1.54, 1.807) is 31.3 Å². The number of hydrogen-bond acceptors (Lipinski definition) is 5. The zero-order valence-corrected chi connectivity index (χ0v) is 14.3. The minimum Gasteiger partial charge on any atom is -0.488 e. The van der Waals surface area contributed by atoms with Gasteiger partial charge in [0.15, 0.2) is 0 Å². The van der Waals surface area contributed by atoms with E-state index in [9.17, 15) is 9.59 Å². The molecule has 2 heterocycles. The molecule has 7 nitrogen and oxygen atoms in total. The zero-order chi connectivity index (χ0) is 18.5. The molecule has 0 saturated carbocycles. The van der Waals surface area contributed by atoms with Crippen molar-refractivity contribution in [3.05, 3.63) is 64.1 Å². The smallest absolute Gasteiger partial charge is 0.253 e. The topological polar surface area (TPSA) is 93.3 Å². The average Bonchev–Trinajstić information content (AvgIpc) is 2.66. The quantitative estimate of drug-likeness (QED) is 0.892. The maximum Gasteiger partial charge on any atom is 0.253 e. The molecule has 1 aliphatic rings. The number of benzene rings is 1. The van der Waals surface area contributed by atoms with Crippen LogP contribution in [0.15, 0.2) is 47.4 Å². The lowest BCUT2D eigenvalue weighted by Gasteiger charge is -2.32. The van der Waals surface area contributed by atoms with Gasteiger partial charge in [-0.15, -0.1) is 0 Å². The van der Waals surface area contributed by atoms with E-state index in [1.165, 1.54) is 22.9 Å². The summed E-state index contributed by atoms with van der Waals surface area (Å²) in [6, 6.07) is 11.4. The third-order valence-corrected chi connectivity index (χ3v) is 4.23. The molecule has 0 radical (unpaired) electrons. The highest BCUT2D eigenvalue weighted by Gasteiger charge is 2.29. The maximum absolute atomic E-state index is 12.5. The summed E-state index contributed by atoms with van der Waals surface area (Å²) < 4.78 is 12.8. The van der Waals surface area contributed by atoms with Crippen molar-refractivity contribution in [1.82, 2.24) is 9.88 Å². The number of pyridine rings is 1. The fourth-order valence-electron chi connectivity index (χ4n) is 2.76. The van der Waals surface area contributed by atoms with E-state index in [1.807, 2.05) is 0 Å². The number of nitrogens with zero attached hydrogens (tertiary/aromatic N) is 2. The Hall–Kier alpha value is -3.11. The molecule has 1 aliphatic heterocycles. The Kier molecular flexibility index (Phi) is 5.34. The summed E-state index contributed by atoms with van der Waals surface area (Å²) in [5.41, 5.74) is 0.781. The van der Waals surface area contributed by atoms with Gasteiger partial charge in [-0.1, -0.05) is 0 Å². The fourth-order valence-corrected chi connectivity index (χ4v) is 2.76. The molecular formula is C19H19N3O4. The second-order valence-electron chi connectivity index (χ2n) is 6.10. The fraction of sp³-hybridized carbons (Fsp3) is 0.316. The molecule has 0 unspecified atom stereocenters. The van der Waals surface area contributed by atoms with Crippen LogP contribution in [0.2, 0.25) is 0 Å². The Balaban J connectivity index is 1.69. The zero-order valence-electron chi connectivity index (χ0n) is 14.3. The van der Waals surface area contributed by atoms with Gasteiger partial charge in [0.05, 0.1) is 36.5 Å². The number of carbonyl (C=O) groups is 1. The highest BCUT2D eigenvalue weighted by Crippen LogP contribution is 2.19. The third kappa shape index (κ3) is 4.10. The first kappa shape index (κ1) is 17.7. The lowest BCUT2D eigenvalue weighted by atomic mass is 10.1. The van der Waals surface area contributed by atoms with Gasteiger partial charge in [-0.25, -0.2) is 0 Å². The lowest BCUT2D eigenvalue weighted by Crippen LogP contribution is -2.51. The van der Waals surface area contributed by atoms with Crippen molar-refractivity contribution in [2.75, 3.05) is 13.2 Å². The van der Waals surface area contributed by atoms with E-state index in [4.69, 9.17) is 14.7 Å². The normalized spacial score (nSPS) is 19.4. The molecule has 1 aromatic heterocycles. The number of amides is 1. The second-order valence-corrected chi connectivity index (χ2v) is 6.10.